The summed E-state index contributed by atoms with van der Waals surface area (Å²) < 4.78 is 35.6. The molecule has 0 amide bonds. The van der Waals surface area contributed by atoms with Crippen molar-refractivity contribution in [3.8, 4) is 35.2 Å². The molecule has 3 saturated heterocycles. The van der Waals surface area contributed by atoms with Crippen LogP contribution >= 0.6 is 0 Å². The molecule has 1 aromatic heterocycles. The van der Waals surface area contributed by atoms with Crippen molar-refractivity contribution < 1.29 is 23.7 Å². The van der Waals surface area contributed by atoms with Gasteiger partial charge in [0.1, 0.15) is 30.2 Å². The highest BCUT2D eigenvalue weighted by atomic mass is 19.1. The van der Waals surface area contributed by atoms with Gasteiger partial charge in [-0.1, -0.05) is 18.1 Å². The lowest BCUT2D eigenvalue weighted by Crippen LogP contribution is -2.45. The van der Waals surface area contributed by atoms with E-state index in [0.717, 1.165) is 43.4 Å². The molecule has 4 atom stereocenters. The SMILES string of the molecule is C#Cc1c(F)ccc2cc(O)cc(-c3ccc4c(N5CC6CCC(C5)C6O)nc(OC[C@@]56CCCN5C[C@H](F)C6)nc4c3)c12. The molecule has 3 aromatic carbocycles. The summed E-state index contributed by atoms with van der Waals surface area (Å²) in [6, 6.07) is 12.1. The molecule has 2 unspecified atom stereocenters. The first-order valence-corrected chi connectivity index (χ1v) is 15.5. The average molecular weight is 597 g/mol. The summed E-state index contributed by atoms with van der Waals surface area (Å²) in [4.78, 5) is 14.2. The van der Waals surface area contributed by atoms with Crippen LogP contribution in [0.5, 0.6) is 11.8 Å². The number of aliphatic hydroxyl groups excluding tert-OH is 1. The summed E-state index contributed by atoms with van der Waals surface area (Å²) in [7, 11) is 0. The molecule has 4 heterocycles. The molecule has 3 aliphatic heterocycles. The number of aromatic hydroxyl groups is 1. The molecule has 226 valence electrons. The third-order valence-corrected chi connectivity index (χ3v) is 10.5. The molecule has 7 nitrogen and oxygen atoms in total. The van der Waals surface area contributed by atoms with Crippen molar-refractivity contribution in [1.82, 2.24) is 14.9 Å². The van der Waals surface area contributed by atoms with E-state index in [1.54, 1.807) is 18.2 Å². The highest BCUT2D eigenvalue weighted by Crippen LogP contribution is 2.43. The van der Waals surface area contributed by atoms with Crippen LogP contribution in [-0.2, 0) is 0 Å². The number of anilines is 1. The van der Waals surface area contributed by atoms with Gasteiger partial charge in [0.05, 0.1) is 22.7 Å². The number of aliphatic hydroxyl groups is 1. The Labute approximate surface area is 254 Å². The number of piperidine rings is 1. The summed E-state index contributed by atoms with van der Waals surface area (Å²) in [5.41, 5.74) is 1.73. The van der Waals surface area contributed by atoms with Gasteiger partial charge < -0.3 is 19.8 Å². The summed E-state index contributed by atoms with van der Waals surface area (Å²) in [5.74, 6) is 3.14. The summed E-state index contributed by atoms with van der Waals surface area (Å²) in [6.07, 6.45) is 8.90. The lowest BCUT2D eigenvalue weighted by atomic mass is 9.93. The predicted molar refractivity (Wildman–Crippen MR) is 165 cm³/mol. The second-order valence-corrected chi connectivity index (χ2v) is 13.1. The van der Waals surface area contributed by atoms with Gasteiger partial charge in [0.25, 0.3) is 0 Å². The number of benzene rings is 3. The molecule has 44 heavy (non-hydrogen) atoms. The molecular formula is C35H34F2N4O3. The molecule has 8 rings (SSSR count). The van der Waals surface area contributed by atoms with Crippen molar-refractivity contribution in [3.05, 3.63) is 53.8 Å². The zero-order valence-corrected chi connectivity index (χ0v) is 24.3. The highest BCUT2D eigenvalue weighted by molar-refractivity contribution is 6.03. The smallest absolute Gasteiger partial charge is 0.319 e. The van der Waals surface area contributed by atoms with E-state index in [9.17, 15) is 19.0 Å². The molecule has 9 heteroatoms. The summed E-state index contributed by atoms with van der Waals surface area (Å²) in [6.45, 7) is 2.99. The minimum absolute atomic E-state index is 0.0417. The first kappa shape index (κ1) is 27.5. The third kappa shape index (κ3) is 4.38. The third-order valence-electron chi connectivity index (χ3n) is 10.5. The summed E-state index contributed by atoms with van der Waals surface area (Å²) >= 11 is 0. The van der Waals surface area contributed by atoms with Crippen molar-refractivity contribution in [2.24, 2.45) is 11.8 Å². The van der Waals surface area contributed by atoms with Gasteiger partial charge in [0.2, 0.25) is 0 Å². The van der Waals surface area contributed by atoms with Crippen LogP contribution in [0.15, 0.2) is 42.5 Å². The van der Waals surface area contributed by atoms with Crippen molar-refractivity contribution in [1.29, 1.82) is 0 Å². The quantitative estimate of drug-likeness (QED) is 0.297. The molecule has 0 spiro atoms. The minimum atomic E-state index is -0.861. The normalized spacial score (nSPS) is 28.1. The Kier molecular flexibility index (Phi) is 6.44. The Hall–Kier alpha value is -4.00. The molecule has 4 aromatic rings. The van der Waals surface area contributed by atoms with Crippen molar-refractivity contribution >= 4 is 27.5 Å². The second kappa shape index (κ2) is 10.3. The molecule has 0 radical (unpaired) electrons. The fraction of sp³-hybridized carbons (Fsp3) is 0.429. The predicted octanol–water partition coefficient (Wildman–Crippen LogP) is 5.44. The van der Waals surface area contributed by atoms with Gasteiger partial charge in [-0.2, -0.15) is 9.97 Å². The van der Waals surface area contributed by atoms with Crippen molar-refractivity contribution in [2.75, 3.05) is 37.7 Å². The van der Waals surface area contributed by atoms with Crippen LogP contribution in [0.2, 0.25) is 0 Å². The van der Waals surface area contributed by atoms with E-state index in [0.29, 0.717) is 60.1 Å². The zero-order chi connectivity index (χ0) is 30.2. The number of alkyl halides is 1. The van der Waals surface area contributed by atoms with E-state index in [-0.39, 0.29) is 40.8 Å². The zero-order valence-electron chi connectivity index (χ0n) is 24.3. The number of aromatic nitrogens is 2. The van der Waals surface area contributed by atoms with Gasteiger partial charge >= 0.3 is 6.01 Å². The Morgan fingerprint density at radius 1 is 1.07 bits per heavy atom. The van der Waals surface area contributed by atoms with Crippen LogP contribution in [0.25, 0.3) is 32.8 Å². The van der Waals surface area contributed by atoms with Gasteiger partial charge in [-0.15, -0.1) is 6.42 Å². The fourth-order valence-corrected chi connectivity index (χ4v) is 8.37. The van der Waals surface area contributed by atoms with Crippen LogP contribution in [0, 0.1) is 30.0 Å². The van der Waals surface area contributed by atoms with Crippen LogP contribution in [0.4, 0.5) is 14.6 Å². The number of hydrogen-bond donors (Lipinski definition) is 2. The summed E-state index contributed by atoms with van der Waals surface area (Å²) in [5, 5.41) is 23.3. The first-order chi connectivity index (χ1) is 21.3. The standard InChI is InChI=1S/C35H34F2N4O3/c1-2-26-29(37)9-7-21-12-25(42)14-28(31(21)26)20-6-8-27-30(13-20)38-34(44-19-35-10-3-11-41(35)18-24(36)15-35)39-33(27)40-16-22-4-5-23(17-40)32(22)43/h1,6-9,12-14,22-24,32,42-43H,3-5,10-11,15-19H2/t22?,23?,24-,32?,35+/m1/s1. The van der Waals surface area contributed by atoms with E-state index in [2.05, 4.69) is 15.7 Å². The number of nitrogens with zero attached hydrogens (tertiary/aromatic N) is 4. The maximum Gasteiger partial charge on any atom is 0.319 e. The maximum absolute atomic E-state index is 14.8. The van der Waals surface area contributed by atoms with Crippen LogP contribution < -0.4 is 9.64 Å². The monoisotopic (exact) mass is 596 g/mol. The lowest BCUT2D eigenvalue weighted by molar-refractivity contribution is 0.0790. The van der Waals surface area contributed by atoms with E-state index in [1.165, 1.54) is 6.07 Å². The van der Waals surface area contributed by atoms with E-state index in [4.69, 9.17) is 21.1 Å². The molecule has 2 bridgehead atoms. The number of fused-ring (bicyclic) bond motifs is 5. The van der Waals surface area contributed by atoms with Crippen LogP contribution in [0.1, 0.15) is 37.7 Å². The minimum Gasteiger partial charge on any atom is -0.508 e. The molecule has 1 aliphatic carbocycles. The molecule has 2 N–H and O–H groups in total. The lowest BCUT2D eigenvalue weighted by Gasteiger charge is -2.36. The number of phenols is 1. The van der Waals surface area contributed by atoms with E-state index in [1.807, 2.05) is 18.2 Å². The van der Waals surface area contributed by atoms with Crippen LogP contribution in [0.3, 0.4) is 0 Å². The van der Waals surface area contributed by atoms with Crippen molar-refractivity contribution in [3.63, 3.8) is 0 Å². The number of terminal acetylenes is 1. The topological polar surface area (TPSA) is 82.0 Å². The number of halogens is 2. The van der Waals surface area contributed by atoms with Gasteiger partial charge in [-0.05, 0) is 79.1 Å². The Morgan fingerprint density at radius 3 is 2.68 bits per heavy atom. The van der Waals surface area contributed by atoms with Gasteiger partial charge in [0.15, 0.2) is 0 Å². The van der Waals surface area contributed by atoms with E-state index < -0.39 is 12.0 Å². The fourth-order valence-electron chi connectivity index (χ4n) is 8.37. The molecule has 1 saturated carbocycles. The van der Waals surface area contributed by atoms with Gasteiger partial charge in [-0.25, -0.2) is 8.78 Å². The molecule has 4 aliphatic rings. The van der Waals surface area contributed by atoms with Crippen LogP contribution in [-0.4, -0.2) is 75.7 Å². The second-order valence-electron chi connectivity index (χ2n) is 13.1. The first-order valence-electron chi connectivity index (χ1n) is 15.5. The van der Waals surface area contributed by atoms with Crippen molar-refractivity contribution in [2.45, 2.75) is 49.9 Å². The molecule has 4 fully saturated rings. The number of rotatable bonds is 5. The largest absolute Gasteiger partial charge is 0.508 e. The van der Waals surface area contributed by atoms with Gasteiger partial charge in [-0.3, -0.25) is 4.90 Å². The average Bonchev–Trinajstić information content (AvgIpc) is 3.59. The number of ether oxygens (including phenoxy) is 1. The van der Waals surface area contributed by atoms with E-state index >= 15 is 0 Å². The Morgan fingerprint density at radius 2 is 1.89 bits per heavy atom. The Bertz CT molecular complexity index is 1830. The molecular weight excluding hydrogens is 562 g/mol. The maximum atomic E-state index is 14.8. The Balaban J connectivity index is 1.24. The number of phenolic OH excluding ortho intramolecular Hbond substituents is 1. The van der Waals surface area contributed by atoms with Gasteiger partial charge in [0, 0.05) is 48.7 Å². The highest BCUT2D eigenvalue weighted by Gasteiger charge is 2.49. The number of hydrogen-bond acceptors (Lipinski definition) is 7.